The highest BCUT2D eigenvalue weighted by molar-refractivity contribution is 7.99. The smallest absolute Gasteiger partial charge is 0.0604 e. The number of rotatable bonds is 4. The van der Waals surface area contributed by atoms with Gasteiger partial charge in [0.1, 0.15) is 0 Å². The normalized spacial score (nSPS) is 27.8. The van der Waals surface area contributed by atoms with Gasteiger partial charge in [-0.1, -0.05) is 118 Å². The second-order valence-corrected chi connectivity index (χ2v) is 18.7. The number of para-hydroxylation sites is 1. The summed E-state index contributed by atoms with van der Waals surface area (Å²) in [5.74, 6) is 3.22. The Morgan fingerprint density at radius 3 is 1.86 bits per heavy atom. The first-order valence-electron chi connectivity index (χ1n) is 19.2. The first-order valence-corrected chi connectivity index (χ1v) is 20.1. The lowest BCUT2D eigenvalue weighted by atomic mass is 9.42. The van der Waals surface area contributed by atoms with E-state index in [1.807, 2.05) is 11.8 Å². The lowest BCUT2D eigenvalue weighted by Crippen LogP contribution is -2.57. The molecule has 0 unspecified atom stereocenters. The second kappa shape index (κ2) is 11.1. The molecule has 0 saturated heterocycles. The molecule has 5 aromatic rings. The molecule has 11 rings (SSSR count). The van der Waals surface area contributed by atoms with Gasteiger partial charge in [-0.3, -0.25) is 0 Å². The number of nitrogens with zero attached hydrogens (tertiary/aromatic N) is 1. The Morgan fingerprint density at radius 2 is 1.16 bits per heavy atom. The molecule has 252 valence electrons. The van der Waals surface area contributed by atoms with Gasteiger partial charge in [0.2, 0.25) is 0 Å². The van der Waals surface area contributed by atoms with Crippen LogP contribution in [0.4, 0.5) is 17.1 Å². The summed E-state index contributed by atoms with van der Waals surface area (Å²) in [5.41, 5.74) is 13.2. The van der Waals surface area contributed by atoms with E-state index in [-0.39, 0.29) is 16.2 Å². The molecule has 1 aliphatic heterocycles. The van der Waals surface area contributed by atoms with Crippen LogP contribution < -0.4 is 4.90 Å². The molecule has 50 heavy (non-hydrogen) atoms. The fourth-order valence-electron chi connectivity index (χ4n) is 11.8. The van der Waals surface area contributed by atoms with Crippen molar-refractivity contribution in [2.24, 2.45) is 23.7 Å². The number of hydrogen-bond donors (Lipinski definition) is 0. The van der Waals surface area contributed by atoms with Gasteiger partial charge in [0.15, 0.2) is 0 Å². The minimum absolute atomic E-state index is 0.0594. The second-order valence-electron chi connectivity index (χ2n) is 17.6. The lowest BCUT2D eigenvalue weighted by Gasteiger charge is -2.63. The van der Waals surface area contributed by atoms with Crippen molar-refractivity contribution in [1.82, 2.24) is 0 Å². The Kier molecular flexibility index (Phi) is 6.90. The van der Waals surface area contributed by atoms with Crippen molar-refractivity contribution in [2.45, 2.75) is 98.7 Å². The van der Waals surface area contributed by atoms with Crippen LogP contribution in [0.3, 0.4) is 0 Å². The third-order valence-electron chi connectivity index (χ3n) is 13.9. The Hall–Kier alpha value is -3.75. The van der Waals surface area contributed by atoms with E-state index < -0.39 is 0 Å². The number of anilines is 3. The van der Waals surface area contributed by atoms with Crippen molar-refractivity contribution in [2.75, 3.05) is 4.90 Å². The van der Waals surface area contributed by atoms with Crippen LogP contribution in [0.5, 0.6) is 0 Å². The molecule has 4 fully saturated rings. The zero-order valence-electron chi connectivity index (χ0n) is 30.1. The Labute approximate surface area is 303 Å². The summed E-state index contributed by atoms with van der Waals surface area (Å²) < 4.78 is 0. The van der Waals surface area contributed by atoms with Crippen molar-refractivity contribution in [3.05, 3.63) is 138 Å². The largest absolute Gasteiger partial charge is 0.309 e. The zero-order valence-corrected chi connectivity index (χ0v) is 30.9. The molecule has 1 nitrogen and oxygen atoms in total. The molecule has 5 aromatic carbocycles. The van der Waals surface area contributed by atoms with Crippen molar-refractivity contribution in [3.63, 3.8) is 0 Å². The highest BCUT2D eigenvalue weighted by atomic mass is 32.2. The number of hydrogen-bond acceptors (Lipinski definition) is 2. The molecule has 1 spiro atoms. The maximum atomic E-state index is 2.65. The molecule has 6 aliphatic rings. The van der Waals surface area contributed by atoms with Crippen LogP contribution in [-0.4, -0.2) is 0 Å². The van der Waals surface area contributed by atoms with Crippen LogP contribution in [0.1, 0.15) is 94.9 Å². The topological polar surface area (TPSA) is 3.24 Å². The molecule has 5 aliphatic carbocycles. The minimum Gasteiger partial charge on any atom is -0.309 e. The van der Waals surface area contributed by atoms with Gasteiger partial charge in [0.25, 0.3) is 0 Å². The van der Waals surface area contributed by atoms with Crippen LogP contribution in [-0.2, 0) is 16.2 Å². The third kappa shape index (κ3) is 4.46. The van der Waals surface area contributed by atoms with Crippen LogP contribution in [0.25, 0.3) is 11.1 Å². The first-order chi connectivity index (χ1) is 24.2. The molecule has 0 radical (unpaired) electrons. The molecule has 0 aromatic heterocycles. The van der Waals surface area contributed by atoms with E-state index >= 15 is 0 Å². The molecule has 2 heteroatoms. The summed E-state index contributed by atoms with van der Waals surface area (Å²) in [6.07, 6.45) is 9.41. The van der Waals surface area contributed by atoms with E-state index in [0.717, 1.165) is 11.8 Å². The fourth-order valence-corrected chi connectivity index (χ4v) is 13.1. The lowest BCUT2D eigenvalue weighted by molar-refractivity contribution is -0.0443. The van der Waals surface area contributed by atoms with Gasteiger partial charge in [-0.05, 0) is 149 Å². The average molecular weight is 672 g/mol. The summed E-state index contributed by atoms with van der Waals surface area (Å²) in [6, 6.07) is 44.4. The van der Waals surface area contributed by atoms with Gasteiger partial charge in [-0.25, -0.2) is 0 Å². The summed E-state index contributed by atoms with van der Waals surface area (Å²) in [7, 11) is 0. The minimum atomic E-state index is 0.0594. The SMILES string of the molecule is CC1(C)CCC(C)(C)c2c(N(c3ccccc3)c3cccc4c3Sc3ccc(-c5ccccc5)cc3C43C4CC5CC(C4)CC3C5)cccc21. The van der Waals surface area contributed by atoms with Crippen molar-refractivity contribution in [1.29, 1.82) is 0 Å². The summed E-state index contributed by atoms with van der Waals surface area (Å²) >= 11 is 2.04. The Balaban J connectivity index is 1.23. The molecule has 0 N–H and O–H groups in total. The van der Waals surface area contributed by atoms with E-state index in [1.165, 1.54) is 94.1 Å². The third-order valence-corrected chi connectivity index (χ3v) is 15.1. The van der Waals surface area contributed by atoms with E-state index in [4.69, 9.17) is 0 Å². The molecule has 4 bridgehead atoms. The monoisotopic (exact) mass is 671 g/mol. The fraction of sp³-hybridized carbons (Fsp3) is 0.375. The Bertz CT molecular complexity index is 2080. The predicted octanol–water partition coefficient (Wildman–Crippen LogP) is 13.4. The van der Waals surface area contributed by atoms with Crippen molar-refractivity contribution in [3.8, 4) is 11.1 Å². The standard InChI is InChI=1S/C48H49NS/c1-46(2)23-24-47(3,4)44-38(46)17-11-19-41(44)49(37-15-9-6-10-16-37)42-20-12-18-39-45(42)50-43-22-21-34(33-13-7-5-8-14-33)30-40(43)48(39)35-26-31-25-32(28-35)29-36(48)27-31/h5-22,30-32,35-36H,23-29H2,1-4H3. The van der Waals surface area contributed by atoms with E-state index in [9.17, 15) is 0 Å². The number of fused-ring (bicyclic) bond motifs is 3. The van der Waals surface area contributed by atoms with Crippen LogP contribution in [0.15, 0.2) is 125 Å². The molecule has 1 heterocycles. The summed E-state index contributed by atoms with van der Waals surface area (Å²) in [6.45, 7) is 9.86. The molecular weight excluding hydrogens is 623 g/mol. The van der Waals surface area contributed by atoms with Crippen molar-refractivity contribution >= 4 is 28.8 Å². The van der Waals surface area contributed by atoms with Gasteiger partial charge < -0.3 is 4.90 Å². The van der Waals surface area contributed by atoms with Gasteiger partial charge in [0, 0.05) is 20.9 Å². The van der Waals surface area contributed by atoms with E-state index in [0.29, 0.717) is 11.8 Å². The van der Waals surface area contributed by atoms with E-state index in [1.54, 1.807) is 11.1 Å². The average Bonchev–Trinajstić information content (AvgIpc) is 3.12. The summed E-state index contributed by atoms with van der Waals surface area (Å²) in [4.78, 5) is 5.61. The zero-order chi connectivity index (χ0) is 33.8. The summed E-state index contributed by atoms with van der Waals surface area (Å²) in [5, 5.41) is 0. The van der Waals surface area contributed by atoms with Gasteiger partial charge in [0.05, 0.1) is 11.4 Å². The first kappa shape index (κ1) is 31.0. The molecular formula is C48H49NS. The maximum Gasteiger partial charge on any atom is 0.0604 e. The van der Waals surface area contributed by atoms with Crippen molar-refractivity contribution < 1.29 is 0 Å². The quantitative estimate of drug-likeness (QED) is 0.187. The van der Waals surface area contributed by atoms with Gasteiger partial charge in [-0.15, -0.1) is 0 Å². The van der Waals surface area contributed by atoms with Crippen LogP contribution in [0, 0.1) is 23.7 Å². The Morgan fingerprint density at radius 1 is 0.540 bits per heavy atom. The van der Waals surface area contributed by atoms with E-state index in [2.05, 4.69) is 148 Å². The highest BCUT2D eigenvalue weighted by Crippen LogP contribution is 2.70. The van der Waals surface area contributed by atoms with Crippen LogP contribution in [0.2, 0.25) is 0 Å². The molecule has 0 atom stereocenters. The number of benzene rings is 5. The van der Waals surface area contributed by atoms with Gasteiger partial charge >= 0.3 is 0 Å². The predicted molar refractivity (Wildman–Crippen MR) is 210 cm³/mol. The molecule has 0 amide bonds. The van der Waals surface area contributed by atoms with Gasteiger partial charge in [-0.2, -0.15) is 0 Å². The highest BCUT2D eigenvalue weighted by Gasteiger charge is 2.61. The molecule has 4 saturated carbocycles. The van der Waals surface area contributed by atoms with Crippen LogP contribution >= 0.6 is 11.8 Å². The maximum absolute atomic E-state index is 2.65.